The molecule has 12 heavy (non-hydrogen) atoms. The van der Waals surface area contributed by atoms with E-state index >= 15 is 0 Å². The number of alkyl halides is 3. The average molecular weight is 183 g/mol. The number of halogens is 3. The Balaban J connectivity index is 3.78. The smallest absolute Gasteiger partial charge is 0.295 e. The van der Waals surface area contributed by atoms with Crippen LogP contribution in [0.3, 0.4) is 0 Å². The van der Waals surface area contributed by atoms with Gasteiger partial charge in [-0.1, -0.05) is 13.3 Å². The standard InChI is InChI=1S/C8H16F3N/c1-4-5-7(2)12(3)6-8(9,10)11/h7H,4-6H2,1-3H3. The molecule has 0 amide bonds. The number of hydrogen-bond acceptors (Lipinski definition) is 1. The maximum Gasteiger partial charge on any atom is 0.401 e. The Kier molecular flexibility index (Phi) is 4.60. The van der Waals surface area contributed by atoms with Crippen LogP contribution in [-0.2, 0) is 0 Å². The molecule has 0 bridgehead atoms. The first-order chi connectivity index (χ1) is 5.37. The third-order valence-electron chi connectivity index (χ3n) is 1.89. The molecule has 0 rings (SSSR count). The zero-order valence-corrected chi connectivity index (χ0v) is 7.78. The number of hydrogen-bond donors (Lipinski definition) is 0. The first-order valence-electron chi connectivity index (χ1n) is 4.13. The van der Waals surface area contributed by atoms with Gasteiger partial charge in [-0.25, -0.2) is 0 Å². The highest BCUT2D eigenvalue weighted by molar-refractivity contribution is 4.65. The Hall–Kier alpha value is -0.250. The predicted molar refractivity (Wildman–Crippen MR) is 43.1 cm³/mol. The van der Waals surface area contributed by atoms with Gasteiger partial charge >= 0.3 is 6.18 Å². The van der Waals surface area contributed by atoms with Crippen LogP contribution in [0.4, 0.5) is 13.2 Å². The lowest BCUT2D eigenvalue weighted by Crippen LogP contribution is -2.37. The average Bonchev–Trinajstić information content (AvgIpc) is 1.84. The monoisotopic (exact) mass is 183 g/mol. The molecule has 0 heterocycles. The van der Waals surface area contributed by atoms with Crippen molar-refractivity contribution in [2.75, 3.05) is 13.6 Å². The maximum atomic E-state index is 11.9. The zero-order chi connectivity index (χ0) is 9.78. The quantitative estimate of drug-likeness (QED) is 0.647. The fourth-order valence-corrected chi connectivity index (χ4v) is 1.08. The Morgan fingerprint density at radius 1 is 1.33 bits per heavy atom. The second kappa shape index (κ2) is 4.70. The van der Waals surface area contributed by atoms with E-state index < -0.39 is 12.7 Å². The van der Waals surface area contributed by atoms with Gasteiger partial charge in [0.05, 0.1) is 6.54 Å². The lowest BCUT2D eigenvalue weighted by atomic mass is 10.2. The van der Waals surface area contributed by atoms with Gasteiger partial charge in [-0.15, -0.1) is 0 Å². The summed E-state index contributed by atoms with van der Waals surface area (Å²) in [4.78, 5) is 1.34. The topological polar surface area (TPSA) is 3.24 Å². The summed E-state index contributed by atoms with van der Waals surface area (Å²) in [6.07, 6.45) is -2.34. The molecule has 0 aliphatic rings. The van der Waals surface area contributed by atoms with Crippen LogP contribution in [0.2, 0.25) is 0 Å². The highest BCUT2D eigenvalue weighted by atomic mass is 19.4. The van der Waals surface area contributed by atoms with E-state index in [9.17, 15) is 13.2 Å². The second-order valence-corrected chi connectivity index (χ2v) is 3.17. The van der Waals surface area contributed by atoms with E-state index in [1.165, 1.54) is 11.9 Å². The fraction of sp³-hybridized carbons (Fsp3) is 1.00. The van der Waals surface area contributed by atoms with Gasteiger partial charge in [0.25, 0.3) is 0 Å². The SMILES string of the molecule is CCCC(C)N(C)CC(F)(F)F. The van der Waals surface area contributed by atoms with Crippen molar-refractivity contribution in [2.24, 2.45) is 0 Å². The number of rotatable bonds is 4. The van der Waals surface area contributed by atoms with Gasteiger partial charge in [0.1, 0.15) is 0 Å². The Morgan fingerprint density at radius 2 is 1.83 bits per heavy atom. The number of nitrogens with zero attached hydrogens (tertiary/aromatic N) is 1. The van der Waals surface area contributed by atoms with E-state index in [2.05, 4.69) is 0 Å². The van der Waals surface area contributed by atoms with E-state index in [1.54, 1.807) is 0 Å². The molecular formula is C8H16F3N. The molecule has 0 saturated carbocycles. The van der Waals surface area contributed by atoms with Crippen molar-refractivity contribution < 1.29 is 13.2 Å². The minimum atomic E-state index is -4.07. The largest absolute Gasteiger partial charge is 0.401 e. The molecule has 0 aromatic carbocycles. The van der Waals surface area contributed by atoms with Crippen molar-refractivity contribution in [3.05, 3.63) is 0 Å². The molecule has 0 aromatic rings. The first-order valence-corrected chi connectivity index (χ1v) is 4.13. The molecule has 1 unspecified atom stereocenters. The highest BCUT2D eigenvalue weighted by Gasteiger charge is 2.30. The predicted octanol–water partition coefficient (Wildman–Crippen LogP) is 2.67. The van der Waals surface area contributed by atoms with E-state index in [1.807, 2.05) is 13.8 Å². The van der Waals surface area contributed by atoms with Crippen LogP contribution in [0.5, 0.6) is 0 Å². The fourth-order valence-electron chi connectivity index (χ4n) is 1.08. The Labute approximate surface area is 71.6 Å². The summed E-state index contributed by atoms with van der Waals surface area (Å²) in [5.41, 5.74) is 0. The van der Waals surface area contributed by atoms with Crippen molar-refractivity contribution in [1.29, 1.82) is 0 Å². The first kappa shape index (κ1) is 11.8. The van der Waals surface area contributed by atoms with Crippen molar-refractivity contribution in [1.82, 2.24) is 4.90 Å². The molecule has 0 saturated heterocycles. The van der Waals surface area contributed by atoms with Crippen LogP contribution in [0.25, 0.3) is 0 Å². The molecule has 1 atom stereocenters. The third-order valence-corrected chi connectivity index (χ3v) is 1.89. The van der Waals surface area contributed by atoms with Gasteiger partial charge in [0, 0.05) is 6.04 Å². The molecule has 0 aliphatic heterocycles. The van der Waals surface area contributed by atoms with E-state index in [4.69, 9.17) is 0 Å². The van der Waals surface area contributed by atoms with Crippen LogP contribution >= 0.6 is 0 Å². The second-order valence-electron chi connectivity index (χ2n) is 3.17. The van der Waals surface area contributed by atoms with Crippen LogP contribution in [-0.4, -0.2) is 30.7 Å². The van der Waals surface area contributed by atoms with Gasteiger partial charge in [-0.05, 0) is 20.4 Å². The van der Waals surface area contributed by atoms with Crippen LogP contribution < -0.4 is 0 Å². The molecule has 74 valence electrons. The summed E-state index contributed by atoms with van der Waals surface area (Å²) in [5, 5.41) is 0. The molecule has 0 fully saturated rings. The van der Waals surface area contributed by atoms with Crippen molar-refractivity contribution >= 4 is 0 Å². The summed E-state index contributed by atoms with van der Waals surface area (Å²) in [6, 6.07) is 0.0108. The van der Waals surface area contributed by atoms with E-state index in [0.29, 0.717) is 0 Å². The Bertz CT molecular complexity index is 122. The van der Waals surface area contributed by atoms with E-state index in [-0.39, 0.29) is 6.04 Å². The molecule has 0 aliphatic carbocycles. The molecule has 0 N–H and O–H groups in total. The van der Waals surface area contributed by atoms with E-state index in [0.717, 1.165) is 12.8 Å². The van der Waals surface area contributed by atoms with Gasteiger partial charge < -0.3 is 0 Å². The lowest BCUT2D eigenvalue weighted by molar-refractivity contribution is -0.147. The summed E-state index contributed by atoms with van der Waals surface area (Å²) in [6.45, 7) is 2.97. The minimum absolute atomic E-state index is 0.0108. The van der Waals surface area contributed by atoms with Gasteiger partial charge in [0.2, 0.25) is 0 Å². The lowest BCUT2D eigenvalue weighted by Gasteiger charge is -2.25. The molecule has 1 nitrogen and oxygen atoms in total. The van der Waals surface area contributed by atoms with Crippen molar-refractivity contribution in [3.63, 3.8) is 0 Å². The van der Waals surface area contributed by atoms with Crippen molar-refractivity contribution in [3.8, 4) is 0 Å². The normalized spacial score (nSPS) is 15.2. The van der Waals surface area contributed by atoms with Crippen molar-refractivity contribution in [2.45, 2.75) is 38.9 Å². The summed E-state index contributed by atoms with van der Waals surface area (Å²) < 4.78 is 35.6. The summed E-state index contributed by atoms with van der Waals surface area (Å²) in [5.74, 6) is 0. The van der Waals surface area contributed by atoms with Gasteiger partial charge in [0.15, 0.2) is 0 Å². The minimum Gasteiger partial charge on any atom is -0.295 e. The third kappa shape index (κ3) is 5.41. The highest BCUT2D eigenvalue weighted by Crippen LogP contribution is 2.17. The maximum absolute atomic E-state index is 11.9. The summed E-state index contributed by atoms with van der Waals surface area (Å²) >= 11 is 0. The molecule has 0 aromatic heterocycles. The molecular weight excluding hydrogens is 167 g/mol. The zero-order valence-electron chi connectivity index (χ0n) is 7.78. The van der Waals surface area contributed by atoms with Crippen LogP contribution in [0.15, 0.2) is 0 Å². The van der Waals surface area contributed by atoms with Gasteiger partial charge in [-0.2, -0.15) is 13.2 Å². The Morgan fingerprint density at radius 3 is 2.17 bits per heavy atom. The molecule has 0 spiro atoms. The van der Waals surface area contributed by atoms with Crippen LogP contribution in [0.1, 0.15) is 26.7 Å². The molecule has 0 radical (unpaired) electrons. The summed E-state index contributed by atoms with van der Waals surface area (Å²) in [7, 11) is 1.51. The molecule has 4 heteroatoms. The van der Waals surface area contributed by atoms with Gasteiger partial charge in [-0.3, -0.25) is 4.90 Å². The van der Waals surface area contributed by atoms with Crippen LogP contribution in [0, 0.1) is 0 Å².